The lowest BCUT2D eigenvalue weighted by molar-refractivity contribution is 0.183. The van der Waals surface area contributed by atoms with E-state index in [2.05, 4.69) is 6.92 Å². The second-order valence-corrected chi connectivity index (χ2v) is 6.02. The van der Waals surface area contributed by atoms with Gasteiger partial charge in [0.2, 0.25) is 0 Å². The smallest absolute Gasteiger partial charge is 0.112 e. The fraction of sp³-hybridized carbons (Fsp3) is 0.750. The van der Waals surface area contributed by atoms with Crippen molar-refractivity contribution >= 4 is 23.5 Å². The zero-order valence-corrected chi connectivity index (χ0v) is 8.39. The molecule has 1 saturated heterocycles. The summed E-state index contributed by atoms with van der Waals surface area (Å²) in [5, 5.41) is 9.74. The highest BCUT2D eigenvalue weighted by Gasteiger charge is 2.52. The van der Waals surface area contributed by atoms with Crippen molar-refractivity contribution in [2.45, 2.75) is 24.0 Å². The highest BCUT2D eigenvalue weighted by Crippen LogP contribution is 2.59. The van der Waals surface area contributed by atoms with Gasteiger partial charge >= 0.3 is 0 Å². The second-order valence-electron chi connectivity index (χ2n) is 3.07. The van der Waals surface area contributed by atoms with E-state index in [9.17, 15) is 5.11 Å². The third-order valence-corrected chi connectivity index (χ3v) is 6.30. The standard InChI is InChI=1S/C8H12OS2/c1-5-6(2)8(7(5)9)10-3-4-11-8/h7,9H,3-4H2,1-2H3. The Labute approximate surface area is 75.6 Å². The molecule has 0 bridgehead atoms. The van der Waals surface area contributed by atoms with Gasteiger partial charge in [-0.25, -0.2) is 0 Å². The van der Waals surface area contributed by atoms with Crippen LogP contribution in [0.1, 0.15) is 13.8 Å². The third kappa shape index (κ3) is 0.849. The van der Waals surface area contributed by atoms with E-state index in [4.69, 9.17) is 0 Å². The maximum Gasteiger partial charge on any atom is 0.112 e. The number of thioether (sulfide) groups is 2. The van der Waals surface area contributed by atoms with Gasteiger partial charge in [-0.2, -0.15) is 0 Å². The molecule has 1 aliphatic heterocycles. The molecular formula is C8H12OS2. The Morgan fingerprint density at radius 1 is 1.36 bits per heavy atom. The first kappa shape index (κ1) is 8.02. The minimum atomic E-state index is -0.181. The molecule has 1 N–H and O–H groups in total. The van der Waals surface area contributed by atoms with Gasteiger partial charge in [-0.15, -0.1) is 23.5 Å². The molecule has 1 nitrogen and oxygen atoms in total. The molecule has 1 fully saturated rings. The van der Waals surface area contributed by atoms with Crippen molar-refractivity contribution in [3.63, 3.8) is 0 Å². The summed E-state index contributed by atoms with van der Waals surface area (Å²) in [7, 11) is 0. The number of hydrogen-bond donors (Lipinski definition) is 1. The summed E-state index contributed by atoms with van der Waals surface area (Å²) in [5.41, 5.74) is 2.59. The van der Waals surface area contributed by atoms with Crippen LogP contribution in [0.25, 0.3) is 0 Å². The van der Waals surface area contributed by atoms with Gasteiger partial charge in [0, 0.05) is 11.5 Å². The molecule has 2 rings (SSSR count). The normalized spacial score (nSPS) is 34.6. The van der Waals surface area contributed by atoms with Crippen molar-refractivity contribution in [1.82, 2.24) is 0 Å². The van der Waals surface area contributed by atoms with Crippen molar-refractivity contribution in [1.29, 1.82) is 0 Å². The lowest BCUT2D eigenvalue weighted by atomic mass is 9.86. The van der Waals surface area contributed by atoms with Crippen molar-refractivity contribution in [3.8, 4) is 0 Å². The molecule has 1 heterocycles. The van der Waals surface area contributed by atoms with Gasteiger partial charge in [0.25, 0.3) is 0 Å². The first-order valence-electron chi connectivity index (χ1n) is 3.82. The number of hydrogen-bond acceptors (Lipinski definition) is 3. The van der Waals surface area contributed by atoms with E-state index in [1.54, 1.807) is 0 Å². The second kappa shape index (κ2) is 2.44. The van der Waals surface area contributed by atoms with Crippen LogP contribution in [0.3, 0.4) is 0 Å². The van der Waals surface area contributed by atoms with Crippen molar-refractivity contribution in [2.75, 3.05) is 11.5 Å². The summed E-state index contributed by atoms with van der Waals surface area (Å²) in [6.45, 7) is 4.18. The molecule has 0 saturated carbocycles. The monoisotopic (exact) mass is 188 g/mol. The van der Waals surface area contributed by atoms with Crippen molar-refractivity contribution < 1.29 is 5.11 Å². The van der Waals surface area contributed by atoms with E-state index >= 15 is 0 Å². The van der Waals surface area contributed by atoms with Gasteiger partial charge in [0.15, 0.2) is 0 Å². The van der Waals surface area contributed by atoms with E-state index in [-0.39, 0.29) is 10.2 Å². The van der Waals surface area contributed by atoms with Gasteiger partial charge in [0.05, 0.1) is 0 Å². The Morgan fingerprint density at radius 2 is 1.91 bits per heavy atom. The largest absolute Gasteiger partial charge is 0.386 e. The van der Waals surface area contributed by atoms with E-state index < -0.39 is 0 Å². The van der Waals surface area contributed by atoms with Crippen LogP contribution in [-0.2, 0) is 0 Å². The average Bonchev–Trinajstić information content (AvgIpc) is 2.51. The summed E-state index contributed by atoms with van der Waals surface area (Å²) in [6.07, 6.45) is -0.181. The molecule has 0 aromatic carbocycles. The van der Waals surface area contributed by atoms with Crippen LogP contribution in [0.4, 0.5) is 0 Å². The first-order valence-corrected chi connectivity index (χ1v) is 5.79. The number of aliphatic hydroxyl groups is 1. The zero-order chi connectivity index (χ0) is 8.06. The van der Waals surface area contributed by atoms with Crippen LogP contribution in [0.2, 0.25) is 0 Å². The minimum Gasteiger partial charge on any atom is -0.386 e. The SMILES string of the molecule is CC1=C(C)C2(SCCS2)C1O. The molecule has 0 amide bonds. The predicted molar refractivity (Wildman–Crippen MR) is 52.0 cm³/mol. The van der Waals surface area contributed by atoms with Crippen molar-refractivity contribution in [3.05, 3.63) is 11.1 Å². The molecule has 3 heteroatoms. The molecular weight excluding hydrogens is 176 g/mol. The van der Waals surface area contributed by atoms with Gasteiger partial charge in [-0.05, 0) is 25.0 Å². The lowest BCUT2D eigenvalue weighted by Crippen LogP contribution is -2.46. The Hall–Kier alpha value is 0.400. The summed E-state index contributed by atoms with van der Waals surface area (Å²) >= 11 is 3.81. The number of rotatable bonds is 0. The van der Waals surface area contributed by atoms with Crippen LogP contribution < -0.4 is 0 Å². The van der Waals surface area contributed by atoms with Gasteiger partial charge in [-0.3, -0.25) is 0 Å². The fourth-order valence-corrected chi connectivity index (χ4v) is 5.23. The van der Waals surface area contributed by atoms with Crippen LogP contribution in [0, 0.1) is 0 Å². The van der Waals surface area contributed by atoms with Crippen molar-refractivity contribution in [2.24, 2.45) is 0 Å². The van der Waals surface area contributed by atoms with E-state index in [1.165, 1.54) is 22.7 Å². The molecule has 62 valence electrons. The minimum absolute atomic E-state index is 0.0735. The lowest BCUT2D eigenvalue weighted by Gasteiger charge is -2.44. The zero-order valence-electron chi connectivity index (χ0n) is 6.76. The maximum atomic E-state index is 9.74. The van der Waals surface area contributed by atoms with E-state index in [0.29, 0.717) is 0 Å². The van der Waals surface area contributed by atoms with Crippen LogP contribution in [0.15, 0.2) is 11.1 Å². The molecule has 2 aliphatic rings. The molecule has 1 atom stereocenters. The van der Waals surface area contributed by atoms with E-state index in [0.717, 1.165) is 0 Å². The summed E-state index contributed by atoms with van der Waals surface area (Å²) in [6, 6.07) is 0. The molecule has 1 spiro atoms. The third-order valence-electron chi connectivity index (χ3n) is 2.60. The van der Waals surface area contributed by atoms with Crippen LogP contribution in [0.5, 0.6) is 0 Å². The molecule has 11 heavy (non-hydrogen) atoms. The molecule has 0 aromatic heterocycles. The first-order chi connectivity index (χ1) is 5.18. The Balaban J connectivity index is 2.30. The highest BCUT2D eigenvalue weighted by atomic mass is 32.2. The fourth-order valence-electron chi connectivity index (χ4n) is 1.69. The topological polar surface area (TPSA) is 20.2 Å². The summed E-state index contributed by atoms with van der Waals surface area (Å²) < 4.78 is 0.0735. The summed E-state index contributed by atoms with van der Waals surface area (Å²) in [4.78, 5) is 0. The summed E-state index contributed by atoms with van der Waals surface area (Å²) in [5.74, 6) is 2.37. The Bertz CT molecular complexity index is 216. The van der Waals surface area contributed by atoms with E-state index in [1.807, 2.05) is 30.4 Å². The Morgan fingerprint density at radius 3 is 2.36 bits per heavy atom. The average molecular weight is 188 g/mol. The Kier molecular flexibility index (Phi) is 1.78. The van der Waals surface area contributed by atoms with Gasteiger partial charge in [-0.1, -0.05) is 0 Å². The highest BCUT2D eigenvalue weighted by molar-refractivity contribution is 8.21. The molecule has 0 radical (unpaired) electrons. The molecule has 0 aromatic rings. The van der Waals surface area contributed by atoms with Crippen LogP contribution in [-0.4, -0.2) is 26.8 Å². The number of aliphatic hydroxyl groups excluding tert-OH is 1. The quantitative estimate of drug-likeness (QED) is 0.586. The molecule has 1 unspecified atom stereocenters. The maximum absolute atomic E-state index is 9.74. The van der Waals surface area contributed by atoms with Crippen LogP contribution >= 0.6 is 23.5 Å². The van der Waals surface area contributed by atoms with Gasteiger partial charge < -0.3 is 5.11 Å². The predicted octanol–water partition coefficient (Wildman–Crippen LogP) is 1.87. The molecule has 1 aliphatic carbocycles. The van der Waals surface area contributed by atoms with Gasteiger partial charge in [0.1, 0.15) is 10.2 Å².